The number of hydrogen-bond acceptors (Lipinski definition) is 6. The Morgan fingerprint density at radius 2 is 0.576 bits per heavy atom. The van der Waals surface area contributed by atoms with Crippen LogP contribution in [0.15, 0.2) is 0 Å². The van der Waals surface area contributed by atoms with Crippen LogP contribution in [0.2, 0.25) is 0 Å². The average Bonchev–Trinajstić information content (AvgIpc) is 3.07. The van der Waals surface area contributed by atoms with Gasteiger partial charge in [-0.25, -0.2) is 0 Å². The molecule has 0 rings (SSSR count). The Morgan fingerprint density at radius 3 is 0.803 bits per heavy atom. The molecule has 66 heavy (non-hydrogen) atoms. The van der Waals surface area contributed by atoms with E-state index in [2.05, 4.69) is 9.47 Å². The van der Waals surface area contributed by atoms with Gasteiger partial charge in [-0.15, -0.1) is 0 Å². The van der Waals surface area contributed by atoms with Crippen molar-refractivity contribution < 1.29 is 181 Å². The summed E-state index contributed by atoms with van der Waals surface area (Å²) in [5.41, 5.74) is 0. The van der Waals surface area contributed by atoms with Gasteiger partial charge in [0.05, 0.1) is 32.5 Å². The molecule has 0 saturated carbocycles. The summed E-state index contributed by atoms with van der Waals surface area (Å²) < 4.78 is 492. The molecule has 394 valence electrons. The van der Waals surface area contributed by atoms with Gasteiger partial charge in [-0.2, -0.15) is 158 Å². The number of carbonyl (C=O) groups is 2. The van der Waals surface area contributed by atoms with Crippen molar-refractivity contribution >= 4 is 22.1 Å². The van der Waals surface area contributed by atoms with E-state index in [1.807, 2.05) is 0 Å². The van der Waals surface area contributed by atoms with E-state index < -0.39 is 155 Å². The zero-order valence-corrected chi connectivity index (χ0v) is 30.1. The van der Waals surface area contributed by atoms with Crippen molar-refractivity contribution in [1.82, 2.24) is 0 Å². The van der Waals surface area contributed by atoms with Crippen LogP contribution in [0.4, 0.5) is 149 Å². The van der Waals surface area contributed by atoms with Gasteiger partial charge in [-0.3, -0.25) is 14.1 Å². The largest absolute Gasteiger partial charge is 0.465 e. The predicted octanol–water partition coefficient (Wildman–Crippen LogP) is 10.5. The first-order valence-electron chi connectivity index (χ1n) is 14.8. The second-order valence-electron chi connectivity index (χ2n) is 12.4. The Hall–Kier alpha value is -3.53. The maximum Gasteiger partial charge on any atom is 0.460 e. The molecule has 0 aliphatic heterocycles. The quantitative estimate of drug-likeness (QED) is 0.0654. The van der Waals surface area contributed by atoms with Crippen LogP contribution < -0.4 is 0 Å². The Labute approximate surface area is 337 Å². The summed E-state index contributed by atoms with van der Waals surface area (Å²) in [6, 6.07) is 0. The topological polar surface area (TPSA) is 107 Å². The highest BCUT2D eigenvalue weighted by Gasteiger charge is 2.97. The average molecular weight is 1090 g/mol. The maximum atomic E-state index is 14.0. The van der Waals surface area contributed by atoms with Crippen molar-refractivity contribution in [2.75, 3.05) is 13.2 Å². The number of esters is 2. The van der Waals surface area contributed by atoms with Crippen molar-refractivity contribution in [3.8, 4) is 0 Å². The van der Waals surface area contributed by atoms with E-state index in [9.17, 15) is 167 Å². The van der Waals surface area contributed by atoms with Gasteiger partial charge in [-0.1, -0.05) is 0 Å². The predicted molar refractivity (Wildman–Crippen MR) is 132 cm³/mol. The van der Waals surface area contributed by atoms with Gasteiger partial charge in [0, 0.05) is 0 Å². The first kappa shape index (κ1) is 62.5. The Kier molecular flexibility index (Phi) is 16.2. The van der Waals surface area contributed by atoms with E-state index in [0.29, 0.717) is 0 Å². The summed E-state index contributed by atoms with van der Waals surface area (Å²) in [5.74, 6) is -127. The third-order valence-electron chi connectivity index (χ3n) is 7.89. The monoisotopic (exact) mass is 1090 g/mol. The molecule has 7 nitrogen and oxygen atoms in total. The molecule has 0 aliphatic rings. The first-order chi connectivity index (χ1) is 28.1. The van der Waals surface area contributed by atoms with Crippen LogP contribution in [0, 0.1) is 0 Å². The molecule has 1 unspecified atom stereocenters. The number of halogens is 34. The number of ether oxygens (including phenoxy) is 2. The highest BCUT2D eigenvalue weighted by molar-refractivity contribution is 7.87. The number of rotatable bonds is 22. The van der Waals surface area contributed by atoms with Crippen LogP contribution in [0.1, 0.15) is 19.3 Å². The van der Waals surface area contributed by atoms with E-state index in [1.54, 1.807) is 0 Å². The van der Waals surface area contributed by atoms with E-state index in [1.165, 1.54) is 0 Å². The molecule has 0 heterocycles. The Morgan fingerprint density at radius 1 is 0.364 bits per heavy atom. The van der Waals surface area contributed by atoms with Gasteiger partial charge in [0.2, 0.25) is 0 Å². The molecule has 1 atom stereocenters. The minimum Gasteiger partial charge on any atom is -0.465 e. The van der Waals surface area contributed by atoms with E-state index in [0.717, 1.165) is 0 Å². The number of alkyl halides is 34. The molecule has 0 aromatic carbocycles. The Balaban J connectivity index is 6.30. The number of carbonyl (C=O) groups excluding carboxylic acids is 2. The zero-order valence-electron chi connectivity index (χ0n) is 29.3. The number of hydrogen-bond donors (Lipinski definition) is 1. The lowest BCUT2D eigenvalue weighted by atomic mass is 9.88. The summed E-state index contributed by atoms with van der Waals surface area (Å²) in [6.45, 7) is -5.89. The van der Waals surface area contributed by atoms with E-state index in [-0.39, 0.29) is 0 Å². The van der Waals surface area contributed by atoms with Crippen LogP contribution in [0.3, 0.4) is 0 Å². The van der Waals surface area contributed by atoms with Crippen molar-refractivity contribution in [2.24, 2.45) is 0 Å². The summed E-state index contributed by atoms with van der Waals surface area (Å²) >= 11 is 0. The highest BCUT2D eigenvalue weighted by atomic mass is 32.2. The minimum atomic E-state index is -9.10. The van der Waals surface area contributed by atoms with Crippen molar-refractivity contribution in [3.63, 3.8) is 0 Å². The SMILES string of the molecule is O=C(CC(C(=O)OCCC(F)(F)C(F)(F)C(F)(F)C(F)(F)C(F)(F)C(F)(F)C(F)(F)C(F)(F)F)S(=O)(=O)O)OCCC(F)(F)C(F)(F)C(F)(F)C(F)(F)C(F)(F)C(F)(F)C(F)(F)C(F)(F)F. The lowest BCUT2D eigenvalue weighted by Gasteiger charge is -2.42. The summed E-state index contributed by atoms with van der Waals surface area (Å²) in [4.78, 5) is 23.6. The summed E-state index contributed by atoms with van der Waals surface area (Å²) in [6.07, 6.45) is -26.2. The molecule has 0 radical (unpaired) electrons. The van der Waals surface area contributed by atoms with Crippen LogP contribution in [-0.4, -0.2) is 139 Å². The fourth-order valence-electron chi connectivity index (χ4n) is 3.89. The lowest BCUT2D eigenvalue weighted by molar-refractivity contribution is -0.461. The molecule has 0 aliphatic carbocycles. The smallest absolute Gasteiger partial charge is 0.460 e. The summed E-state index contributed by atoms with van der Waals surface area (Å²) in [5, 5.41) is -3.98. The second-order valence-corrected chi connectivity index (χ2v) is 14.0. The molecule has 0 saturated heterocycles. The fraction of sp³-hybridized carbons (Fsp3) is 0.917. The lowest BCUT2D eigenvalue weighted by Crippen LogP contribution is -2.74. The van der Waals surface area contributed by atoms with Crippen LogP contribution in [-0.2, 0) is 29.2 Å². The Bertz CT molecular complexity index is 1860. The van der Waals surface area contributed by atoms with Crippen molar-refractivity contribution in [1.29, 1.82) is 0 Å². The van der Waals surface area contributed by atoms with Gasteiger partial charge in [0.25, 0.3) is 10.1 Å². The third-order valence-corrected chi connectivity index (χ3v) is 8.97. The van der Waals surface area contributed by atoms with Gasteiger partial charge in [0.1, 0.15) is 0 Å². The van der Waals surface area contributed by atoms with Crippen LogP contribution in [0.25, 0.3) is 0 Å². The summed E-state index contributed by atoms with van der Waals surface area (Å²) in [7, 11) is -6.54. The second kappa shape index (κ2) is 17.2. The van der Waals surface area contributed by atoms with E-state index in [4.69, 9.17) is 4.55 Å². The maximum absolute atomic E-state index is 14.0. The van der Waals surface area contributed by atoms with Gasteiger partial charge < -0.3 is 9.47 Å². The third kappa shape index (κ3) is 9.45. The molecule has 0 fully saturated rings. The van der Waals surface area contributed by atoms with Crippen molar-refractivity contribution in [3.05, 3.63) is 0 Å². The normalized spacial score (nSPS) is 16.6. The molecule has 1 N–H and O–H groups in total. The van der Waals surface area contributed by atoms with Gasteiger partial charge >= 0.3 is 107 Å². The molecule has 0 amide bonds. The molecule has 0 aromatic heterocycles. The highest BCUT2D eigenvalue weighted by Crippen LogP contribution is 2.66. The van der Waals surface area contributed by atoms with E-state index >= 15 is 0 Å². The van der Waals surface area contributed by atoms with Gasteiger partial charge in [0.15, 0.2) is 5.25 Å². The van der Waals surface area contributed by atoms with Crippen molar-refractivity contribution in [2.45, 2.75) is 120 Å². The molecule has 0 spiro atoms. The molecular weight excluding hydrogens is 1080 g/mol. The zero-order chi connectivity index (χ0) is 54.2. The fourth-order valence-corrected chi connectivity index (χ4v) is 4.55. The molecule has 0 bridgehead atoms. The molecule has 42 heteroatoms. The standard InChI is InChI=1S/C24H12F34O7S/c25-9(26,11(29,30)13(33,34)15(37,38)17(41,42)19(45,46)21(49,50)23(53,54)55)1-3-64-7(59)5-6(66(61,62)63)8(60)65-4-2-10(27,28)12(31,32)14(35,36)16(39,40)18(43,44)20(47,48)22(51,52)24(56,57)58/h6H,1-5H2,(H,61,62,63). The van der Waals surface area contributed by atoms with Gasteiger partial charge in [-0.05, 0) is 0 Å². The minimum absolute atomic E-state index is 2.73. The molecule has 0 aromatic rings. The van der Waals surface area contributed by atoms with Crippen LogP contribution in [0.5, 0.6) is 0 Å². The first-order valence-corrected chi connectivity index (χ1v) is 16.3. The van der Waals surface area contributed by atoms with Crippen LogP contribution >= 0.6 is 0 Å². The molecular formula is C24H12F34O7S.